The van der Waals surface area contributed by atoms with Gasteiger partial charge in [-0.1, -0.05) is 26.7 Å². The van der Waals surface area contributed by atoms with Crippen molar-refractivity contribution in [2.45, 2.75) is 70.5 Å². The zero-order valence-electron chi connectivity index (χ0n) is 13.5. The highest BCUT2D eigenvalue weighted by atomic mass is 17.3. The van der Waals surface area contributed by atoms with E-state index in [2.05, 4.69) is 0 Å². The van der Waals surface area contributed by atoms with Crippen molar-refractivity contribution in [3.63, 3.8) is 0 Å². The predicted molar refractivity (Wildman–Crippen MR) is 77.8 cm³/mol. The average Bonchev–Trinajstić information content (AvgIpc) is 2.49. The second-order valence-corrected chi connectivity index (χ2v) is 6.04. The molecule has 0 N–H and O–H groups in total. The third kappa shape index (κ3) is 3.60. The normalized spacial score (nSPS) is 30.1. The van der Waals surface area contributed by atoms with Gasteiger partial charge in [0.25, 0.3) is 0 Å². The van der Waals surface area contributed by atoms with Crippen molar-refractivity contribution in [2.75, 3.05) is 13.2 Å². The number of hydrogen-bond acceptors (Lipinski definition) is 6. The Bertz CT molecular complexity index is 396. The number of carbonyl (C=O) groups is 2. The molecule has 1 aliphatic carbocycles. The molecule has 1 saturated carbocycles. The van der Waals surface area contributed by atoms with Crippen molar-refractivity contribution in [1.82, 2.24) is 0 Å². The Morgan fingerprint density at radius 2 is 1.82 bits per heavy atom. The van der Waals surface area contributed by atoms with E-state index in [9.17, 15) is 9.59 Å². The molecule has 0 aromatic rings. The molecule has 0 aromatic heterocycles. The van der Waals surface area contributed by atoms with Crippen molar-refractivity contribution in [3.8, 4) is 0 Å². The minimum absolute atomic E-state index is 0.197. The number of esters is 2. The van der Waals surface area contributed by atoms with Gasteiger partial charge in [-0.2, -0.15) is 0 Å². The summed E-state index contributed by atoms with van der Waals surface area (Å²) in [6, 6.07) is 0. The van der Waals surface area contributed by atoms with Gasteiger partial charge in [0.15, 0.2) is 0 Å². The summed E-state index contributed by atoms with van der Waals surface area (Å²) in [6.07, 6.45) is 4.71. The number of ether oxygens (including phenoxy) is 2. The first kappa shape index (κ1) is 17.2. The van der Waals surface area contributed by atoms with Crippen LogP contribution in [0.1, 0.15) is 58.8 Å². The van der Waals surface area contributed by atoms with Crippen LogP contribution in [0.2, 0.25) is 0 Å². The van der Waals surface area contributed by atoms with E-state index in [-0.39, 0.29) is 17.9 Å². The minimum Gasteiger partial charge on any atom is -0.465 e. The third-order valence-corrected chi connectivity index (χ3v) is 4.35. The van der Waals surface area contributed by atoms with E-state index in [1.165, 1.54) is 0 Å². The average molecular weight is 314 g/mol. The van der Waals surface area contributed by atoms with E-state index in [0.29, 0.717) is 32.5 Å². The summed E-state index contributed by atoms with van der Waals surface area (Å²) in [5.41, 5.74) is -1.01. The molecular formula is C16H26O6. The highest BCUT2D eigenvalue weighted by Gasteiger charge is 2.62. The molecule has 1 saturated heterocycles. The molecule has 3 unspecified atom stereocenters. The molecule has 6 heteroatoms. The van der Waals surface area contributed by atoms with Gasteiger partial charge < -0.3 is 9.47 Å². The van der Waals surface area contributed by atoms with Crippen LogP contribution in [0.4, 0.5) is 0 Å². The van der Waals surface area contributed by atoms with Crippen LogP contribution in [-0.2, 0) is 28.8 Å². The summed E-state index contributed by atoms with van der Waals surface area (Å²) in [5.74, 6) is -0.783. The molecule has 1 aliphatic heterocycles. The Hall–Kier alpha value is -1.14. The number of hydrogen-bond donors (Lipinski definition) is 0. The predicted octanol–water partition coefficient (Wildman–Crippen LogP) is 2.54. The van der Waals surface area contributed by atoms with E-state index in [1.54, 1.807) is 0 Å². The van der Waals surface area contributed by atoms with Gasteiger partial charge in [0.1, 0.15) is 6.10 Å². The fourth-order valence-corrected chi connectivity index (χ4v) is 2.78. The second-order valence-electron chi connectivity index (χ2n) is 6.04. The monoisotopic (exact) mass is 314 g/mol. The Kier molecular flexibility index (Phi) is 6.20. The summed E-state index contributed by atoms with van der Waals surface area (Å²) in [7, 11) is 0. The lowest BCUT2D eigenvalue weighted by Gasteiger charge is -2.48. The summed E-state index contributed by atoms with van der Waals surface area (Å²) in [5, 5.41) is 0. The highest BCUT2D eigenvalue weighted by molar-refractivity contribution is 5.82. The van der Waals surface area contributed by atoms with Crippen molar-refractivity contribution in [1.29, 1.82) is 0 Å². The molecule has 0 amide bonds. The Morgan fingerprint density at radius 1 is 1.14 bits per heavy atom. The Morgan fingerprint density at radius 3 is 2.36 bits per heavy atom. The molecule has 6 nitrogen and oxygen atoms in total. The summed E-state index contributed by atoms with van der Waals surface area (Å²) in [4.78, 5) is 34.4. The van der Waals surface area contributed by atoms with Crippen LogP contribution in [-0.4, -0.2) is 36.9 Å². The maximum Gasteiger partial charge on any atom is 0.344 e. The lowest BCUT2D eigenvalue weighted by molar-refractivity contribution is -0.505. The van der Waals surface area contributed by atoms with Crippen LogP contribution in [0.25, 0.3) is 0 Å². The molecule has 3 atom stereocenters. The summed E-state index contributed by atoms with van der Waals surface area (Å²) >= 11 is 0. The van der Waals surface area contributed by atoms with E-state index >= 15 is 0 Å². The zero-order valence-corrected chi connectivity index (χ0v) is 13.5. The number of rotatable bonds is 8. The molecule has 2 fully saturated rings. The molecule has 22 heavy (non-hydrogen) atoms. The maximum atomic E-state index is 12.2. The van der Waals surface area contributed by atoms with Crippen molar-refractivity contribution < 1.29 is 28.8 Å². The number of carbonyl (C=O) groups excluding carboxylic acids is 2. The van der Waals surface area contributed by atoms with Gasteiger partial charge in [0, 0.05) is 0 Å². The molecular weight excluding hydrogens is 288 g/mol. The van der Waals surface area contributed by atoms with Gasteiger partial charge in [-0.3, -0.25) is 4.79 Å². The second kappa shape index (κ2) is 7.92. The first-order chi connectivity index (χ1) is 10.6. The quantitative estimate of drug-likeness (QED) is 0.389. The topological polar surface area (TPSA) is 71.1 Å². The van der Waals surface area contributed by atoms with Crippen LogP contribution < -0.4 is 0 Å². The molecule has 126 valence electrons. The summed E-state index contributed by atoms with van der Waals surface area (Å²) in [6.45, 7) is 4.94. The zero-order chi connectivity index (χ0) is 16.0. The lowest BCUT2D eigenvalue weighted by atomic mass is 9.75. The van der Waals surface area contributed by atoms with Gasteiger partial charge in [-0.05, 0) is 32.1 Å². The largest absolute Gasteiger partial charge is 0.465 e. The van der Waals surface area contributed by atoms with E-state index in [4.69, 9.17) is 19.2 Å². The third-order valence-electron chi connectivity index (χ3n) is 4.35. The van der Waals surface area contributed by atoms with Crippen LogP contribution in [0.15, 0.2) is 0 Å². The SMILES string of the molecule is CCCCOC(=O)C1CCC2(C(=O)OCCCC)OOC2C1. The maximum absolute atomic E-state index is 12.2. The molecule has 1 heterocycles. The van der Waals surface area contributed by atoms with Crippen LogP contribution >= 0.6 is 0 Å². The number of fused-ring (bicyclic) bond motifs is 1. The van der Waals surface area contributed by atoms with E-state index < -0.39 is 11.7 Å². The molecule has 0 spiro atoms. The molecule has 0 radical (unpaired) electrons. The van der Waals surface area contributed by atoms with Crippen LogP contribution in [0.3, 0.4) is 0 Å². The minimum atomic E-state index is -1.01. The lowest BCUT2D eigenvalue weighted by Crippen LogP contribution is -2.65. The summed E-state index contributed by atoms with van der Waals surface area (Å²) < 4.78 is 10.5. The fourth-order valence-electron chi connectivity index (χ4n) is 2.78. The standard InChI is InChI=1S/C16H26O6/c1-3-5-9-19-14(17)12-7-8-16(13(11-12)21-22-16)15(18)20-10-6-4-2/h12-13H,3-11H2,1-2H3. The van der Waals surface area contributed by atoms with Gasteiger partial charge in [-0.15, -0.1) is 0 Å². The van der Waals surface area contributed by atoms with E-state index in [1.807, 2.05) is 13.8 Å². The van der Waals surface area contributed by atoms with Crippen molar-refractivity contribution in [2.24, 2.45) is 5.92 Å². The van der Waals surface area contributed by atoms with Gasteiger partial charge >= 0.3 is 11.9 Å². The van der Waals surface area contributed by atoms with Crippen LogP contribution in [0, 0.1) is 5.92 Å². The smallest absolute Gasteiger partial charge is 0.344 e. The van der Waals surface area contributed by atoms with Crippen molar-refractivity contribution in [3.05, 3.63) is 0 Å². The van der Waals surface area contributed by atoms with Gasteiger partial charge in [-0.25, -0.2) is 14.6 Å². The van der Waals surface area contributed by atoms with Crippen LogP contribution in [0.5, 0.6) is 0 Å². The Balaban J connectivity index is 1.82. The highest BCUT2D eigenvalue weighted by Crippen LogP contribution is 2.45. The molecule has 2 rings (SSSR count). The molecule has 0 bridgehead atoms. The molecule has 2 aliphatic rings. The fraction of sp³-hybridized carbons (Fsp3) is 0.875. The van der Waals surface area contributed by atoms with Gasteiger partial charge in [0.05, 0.1) is 19.1 Å². The first-order valence-corrected chi connectivity index (χ1v) is 8.32. The van der Waals surface area contributed by atoms with Gasteiger partial charge in [0.2, 0.25) is 5.60 Å². The first-order valence-electron chi connectivity index (χ1n) is 8.32. The molecule has 0 aromatic carbocycles. The van der Waals surface area contributed by atoms with E-state index in [0.717, 1.165) is 25.7 Å². The Labute approximate surface area is 131 Å². The van der Waals surface area contributed by atoms with Crippen molar-refractivity contribution >= 4 is 11.9 Å². The number of unbranched alkanes of at least 4 members (excludes halogenated alkanes) is 2.